The lowest BCUT2D eigenvalue weighted by molar-refractivity contribution is 0.741. The lowest BCUT2D eigenvalue weighted by Crippen LogP contribution is -2.12. The van der Waals surface area contributed by atoms with Gasteiger partial charge in [0.15, 0.2) is 5.82 Å². The van der Waals surface area contributed by atoms with E-state index < -0.39 is 0 Å². The second kappa shape index (κ2) is 5.57. The van der Waals surface area contributed by atoms with Crippen LogP contribution in [0.1, 0.15) is 38.1 Å². The van der Waals surface area contributed by atoms with Gasteiger partial charge in [0.05, 0.1) is 17.4 Å². The molecular weight excluding hydrogens is 262 g/mol. The molecule has 0 atom stereocenters. The Hall–Kier alpha value is -1.62. The van der Waals surface area contributed by atoms with E-state index in [0.29, 0.717) is 5.02 Å². The van der Waals surface area contributed by atoms with Crippen LogP contribution >= 0.6 is 11.6 Å². The molecule has 19 heavy (non-hydrogen) atoms. The molecule has 0 bridgehead atoms. The first-order chi connectivity index (χ1) is 9.02. The van der Waals surface area contributed by atoms with Crippen molar-refractivity contribution in [2.45, 2.75) is 33.6 Å². The quantitative estimate of drug-likeness (QED) is 0.934. The van der Waals surface area contributed by atoms with Gasteiger partial charge in [-0.15, -0.1) is 0 Å². The average molecular weight is 280 g/mol. The number of rotatable bonds is 4. The van der Waals surface area contributed by atoms with Crippen LogP contribution in [-0.4, -0.2) is 26.3 Å². The summed E-state index contributed by atoms with van der Waals surface area (Å²) in [6.07, 6.45) is 3.35. The molecule has 2 aromatic heterocycles. The molecular formula is C13H18ClN5. The van der Waals surface area contributed by atoms with Crippen molar-refractivity contribution in [1.82, 2.24) is 19.7 Å². The summed E-state index contributed by atoms with van der Waals surface area (Å²) in [4.78, 5) is 9.15. The molecule has 0 amide bonds. The first-order valence-electron chi connectivity index (χ1n) is 6.35. The van der Waals surface area contributed by atoms with Gasteiger partial charge >= 0.3 is 0 Å². The molecule has 0 spiro atoms. The molecule has 0 aliphatic carbocycles. The van der Waals surface area contributed by atoms with Crippen LogP contribution in [0.5, 0.6) is 0 Å². The molecule has 0 saturated carbocycles. The maximum atomic E-state index is 5.92. The molecule has 0 aliphatic heterocycles. The molecule has 2 heterocycles. The molecule has 0 saturated heterocycles. The zero-order valence-corrected chi connectivity index (χ0v) is 12.4. The lowest BCUT2D eigenvalue weighted by atomic mass is 10.2. The molecule has 0 fully saturated rings. The van der Waals surface area contributed by atoms with Gasteiger partial charge in [-0.05, 0) is 13.8 Å². The maximum absolute atomic E-state index is 5.92. The topological polar surface area (TPSA) is 55.6 Å². The van der Waals surface area contributed by atoms with E-state index in [4.69, 9.17) is 11.6 Å². The Morgan fingerprint density at radius 2 is 2.11 bits per heavy atom. The highest BCUT2D eigenvalue weighted by Gasteiger charge is 2.14. The van der Waals surface area contributed by atoms with E-state index in [1.807, 2.05) is 13.8 Å². The molecule has 5 nitrogen and oxygen atoms in total. The van der Waals surface area contributed by atoms with Gasteiger partial charge in [-0.1, -0.05) is 25.4 Å². The molecule has 6 heteroatoms. The summed E-state index contributed by atoms with van der Waals surface area (Å²) in [6.45, 7) is 8.98. The molecule has 0 aliphatic rings. The van der Waals surface area contributed by atoms with Crippen molar-refractivity contribution in [2.24, 2.45) is 0 Å². The minimum atomic E-state index is 0.253. The summed E-state index contributed by atoms with van der Waals surface area (Å²) >= 11 is 5.92. The van der Waals surface area contributed by atoms with Crippen LogP contribution in [0.4, 0.5) is 5.82 Å². The van der Waals surface area contributed by atoms with E-state index >= 15 is 0 Å². The number of nitrogens with zero attached hydrogens (tertiary/aromatic N) is 4. The van der Waals surface area contributed by atoms with E-state index in [-0.39, 0.29) is 5.92 Å². The summed E-state index contributed by atoms with van der Waals surface area (Å²) in [5.41, 5.74) is 0.964. The number of hydrogen-bond acceptors (Lipinski definition) is 4. The Balaban J connectivity index is 2.58. The van der Waals surface area contributed by atoms with Crippen LogP contribution in [-0.2, 0) is 0 Å². The first-order valence-corrected chi connectivity index (χ1v) is 6.73. The molecule has 2 rings (SSSR count). The van der Waals surface area contributed by atoms with E-state index in [0.717, 1.165) is 29.6 Å². The Morgan fingerprint density at radius 3 is 2.63 bits per heavy atom. The fourth-order valence-electron chi connectivity index (χ4n) is 1.76. The summed E-state index contributed by atoms with van der Waals surface area (Å²) in [6, 6.07) is 0. The van der Waals surface area contributed by atoms with Crippen molar-refractivity contribution in [1.29, 1.82) is 0 Å². The molecule has 1 N–H and O–H groups in total. The van der Waals surface area contributed by atoms with Crippen LogP contribution in [0.15, 0.2) is 12.4 Å². The van der Waals surface area contributed by atoms with Gasteiger partial charge in [0, 0.05) is 18.0 Å². The predicted molar refractivity (Wildman–Crippen MR) is 77.2 cm³/mol. The third kappa shape index (κ3) is 2.87. The van der Waals surface area contributed by atoms with Gasteiger partial charge in [0.1, 0.15) is 11.6 Å². The van der Waals surface area contributed by atoms with E-state index in [2.05, 4.69) is 34.2 Å². The van der Waals surface area contributed by atoms with Gasteiger partial charge in [-0.3, -0.25) is 0 Å². The Morgan fingerprint density at radius 1 is 1.37 bits per heavy atom. The molecule has 102 valence electrons. The SMILES string of the molecule is CCNc1nc(C(C)C)nc(-n2cc(Cl)cn2)c1C. The van der Waals surface area contributed by atoms with Gasteiger partial charge in [-0.2, -0.15) is 5.10 Å². The fourth-order valence-corrected chi connectivity index (χ4v) is 1.90. The Kier molecular flexibility index (Phi) is 4.04. The number of hydrogen-bond donors (Lipinski definition) is 1. The highest BCUT2D eigenvalue weighted by Crippen LogP contribution is 2.22. The van der Waals surface area contributed by atoms with E-state index in [1.54, 1.807) is 17.1 Å². The average Bonchev–Trinajstić information content (AvgIpc) is 2.78. The van der Waals surface area contributed by atoms with Crippen molar-refractivity contribution in [3.8, 4) is 5.82 Å². The van der Waals surface area contributed by atoms with Crippen LogP contribution < -0.4 is 5.32 Å². The van der Waals surface area contributed by atoms with Gasteiger partial charge in [0.25, 0.3) is 0 Å². The van der Waals surface area contributed by atoms with Crippen LogP contribution in [0.3, 0.4) is 0 Å². The largest absolute Gasteiger partial charge is 0.370 e. The van der Waals surface area contributed by atoms with Gasteiger partial charge < -0.3 is 5.32 Å². The third-order valence-electron chi connectivity index (χ3n) is 2.77. The highest BCUT2D eigenvalue weighted by atomic mass is 35.5. The van der Waals surface area contributed by atoms with Gasteiger partial charge in [0.2, 0.25) is 0 Å². The molecule has 0 aromatic carbocycles. The van der Waals surface area contributed by atoms with Crippen molar-refractivity contribution < 1.29 is 0 Å². The van der Waals surface area contributed by atoms with Crippen molar-refractivity contribution >= 4 is 17.4 Å². The van der Waals surface area contributed by atoms with Crippen LogP contribution in [0.2, 0.25) is 5.02 Å². The molecule has 2 aromatic rings. The van der Waals surface area contributed by atoms with Crippen LogP contribution in [0, 0.1) is 6.92 Å². The number of halogens is 1. The monoisotopic (exact) mass is 279 g/mol. The number of nitrogens with one attached hydrogen (secondary N) is 1. The summed E-state index contributed by atoms with van der Waals surface area (Å²) in [5.74, 6) is 2.66. The number of anilines is 1. The van der Waals surface area contributed by atoms with Gasteiger partial charge in [-0.25, -0.2) is 14.6 Å². The minimum Gasteiger partial charge on any atom is -0.370 e. The third-order valence-corrected chi connectivity index (χ3v) is 2.96. The summed E-state index contributed by atoms with van der Waals surface area (Å²) < 4.78 is 1.69. The van der Waals surface area contributed by atoms with E-state index in [9.17, 15) is 0 Å². The van der Waals surface area contributed by atoms with Crippen LogP contribution in [0.25, 0.3) is 5.82 Å². The molecule has 0 unspecified atom stereocenters. The Bertz CT molecular complexity index is 576. The summed E-state index contributed by atoms with van der Waals surface area (Å²) in [7, 11) is 0. The number of aromatic nitrogens is 4. The predicted octanol–water partition coefficient (Wildman–Crippen LogP) is 3.18. The lowest BCUT2D eigenvalue weighted by Gasteiger charge is -2.14. The minimum absolute atomic E-state index is 0.253. The normalized spacial score (nSPS) is 11.1. The first kappa shape index (κ1) is 13.8. The highest BCUT2D eigenvalue weighted by molar-refractivity contribution is 6.30. The summed E-state index contributed by atoms with van der Waals surface area (Å²) in [5, 5.41) is 8.07. The zero-order chi connectivity index (χ0) is 14.0. The molecule has 0 radical (unpaired) electrons. The second-order valence-electron chi connectivity index (χ2n) is 4.67. The maximum Gasteiger partial charge on any atom is 0.162 e. The standard InChI is InChI=1S/C13H18ClN5/c1-5-15-12-9(4)13(18-11(17-12)8(2)3)19-7-10(14)6-16-19/h6-8H,5H2,1-4H3,(H,15,17,18). The van der Waals surface area contributed by atoms with Crippen molar-refractivity contribution in [3.05, 3.63) is 28.8 Å². The van der Waals surface area contributed by atoms with E-state index in [1.165, 1.54) is 0 Å². The van der Waals surface area contributed by atoms with Crippen molar-refractivity contribution in [2.75, 3.05) is 11.9 Å². The fraction of sp³-hybridized carbons (Fsp3) is 0.462. The second-order valence-corrected chi connectivity index (χ2v) is 5.10. The zero-order valence-electron chi connectivity index (χ0n) is 11.6. The van der Waals surface area contributed by atoms with Crippen molar-refractivity contribution in [3.63, 3.8) is 0 Å². The smallest absolute Gasteiger partial charge is 0.162 e. The Labute approximate surface area is 118 Å².